The van der Waals surface area contributed by atoms with E-state index < -0.39 is 0 Å². The smallest absolute Gasteiger partial charge is 0.330 e. The molecule has 0 aromatic carbocycles. The van der Waals surface area contributed by atoms with Crippen molar-refractivity contribution in [1.29, 1.82) is 0 Å². The van der Waals surface area contributed by atoms with Crippen LogP contribution in [-0.4, -0.2) is 12.6 Å². The lowest BCUT2D eigenvalue weighted by Gasteiger charge is -2.02. The van der Waals surface area contributed by atoms with Gasteiger partial charge in [-0.15, -0.1) is 0 Å². The fourth-order valence-corrected chi connectivity index (χ4v) is 2.65. The summed E-state index contributed by atoms with van der Waals surface area (Å²) in [7, 11) is 0. The van der Waals surface area contributed by atoms with Gasteiger partial charge in [0.15, 0.2) is 0 Å². The fraction of sp³-hybridized carbons (Fsp3) is 0.762. The number of esters is 1. The van der Waals surface area contributed by atoms with Crippen molar-refractivity contribution in [2.75, 3.05) is 6.61 Å². The second-order valence-corrected chi connectivity index (χ2v) is 6.35. The van der Waals surface area contributed by atoms with Crippen LogP contribution in [0.25, 0.3) is 0 Å². The Balaban J connectivity index is 3.14. The molecular weight excluding hydrogens is 284 g/mol. The highest BCUT2D eigenvalue weighted by atomic mass is 16.5. The molecule has 134 valence electrons. The predicted molar refractivity (Wildman–Crippen MR) is 101 cm³/mol. The lowest BCUT2D eigenvalue weighted by Crippen LogP contribution is -1.99. The van der Waals surface area contributed by atoms with Crippen molar-refractivity contribution in [2.45, 2.75) is 96.8 Å². The van der Waals surface area contributed by atoms with Crippen LogP contribution in [0, 0.1) is 0 Å². The van der Waals surface area contributed by atoms with E-state index in [4.69, 9.17) is 4.74 Å². The number of carbonyl (C=O) groups is 1. The van der Waals surface area contributed by atoms with E-state index in [2.05, 4.69) is 13.5 Å². The van der Waals surface area contributed by atoms with Gasteiger partial charge in [-0.3, -0.25) is 0 Å². The van der Waals surface area contributed by atoms with Crippen LogP contribution in [0.5, 0.6) is 0 Å². The predicted octanol–water partition coefficient (Wildman–Crippen LogP) is 6.75. The van der Waals surface area contributed by atoms with E-state index in [1.54, 1.807) is 6.08 Å². The maximum Gasteiger partial charge on any atom is 0.330 e. The molecule has 2 heteroatoms. The zero-order valence-electron chi connectivity index (χ0n) is 15.4. The monoisotopic (exact) mass is 322 g/mol. The summed E-state index contributed by atoms with van der Waals surface area (Å²) in [5.41, 5.74) is 0. The molecule has 0 rings (SSSR count). The van der Waals surface area contributed by atoms with Crippen LogP contribution in [0.1, 0.15) is 96.8 Å². The van der Waals surface area contributed by atoms with Gasteiger partial charge in [-0.05, 0) is 12.8 Å². The number of allylic oxidation sites excluding steroid dienone is 1. The van der Waals surface area contributed by atoms with Gasteiger partial charge in [0, 0.05) is 6.08 Å². The molecule has 0 unspecified atom stereocenters. The Bertz CT molecular complexity index is 294. The number of hydrogen-bond donors (Lipinski definition) is 0. The standard InChI is InChI=1S/C21H38O2/c1-3-5-6-7-8-9-10-11-12-13-14-15-16-17-18-19-21(22)23-20-4-2/h4,18-19H,2-3,5-17,20H2,1H3. The Labute approximate surface area is 144 Å². The fourth-order valence-electron chi connectivity index (χ4n) is 2.65. The summed E-state index contributed by atoms with van der Waals surface area (Å²) in [6.07, 6.45) is 23.8. The summed E-state index contributed by atoms with van der Waals surface area (Å²) in [5.74, 6) is -0.264. The molecule has 0 atom stereocenters. The highest BCUT2D eigenvalue weighted by molar-refractivity contribution is 5.81. The molecule has 0 amide bonds. The third kappa shape index (κ3) is 18.9. The van der Waals surface area contributed by atoms with Crippen molar-refractivity contribution in [3.05, 3.63) is 24.8 Å². The van der Waals surface area contributed by atoms with E-state index in [1.165, 1.54) is 89.5 Å². The molecule has 2 nitrogen and oxygen atoms in total. The normalized spacial score (nSPS) is 11.0. The van der Waals surface area contributed by atoms with Gasteiger partial charge < -0.3 is 4.74 Å². The minimum absolute atomic E-state index is 0.264. The second kappa shape index (κ2) is 19.0. The first-order chi connectivity index (χ1) is 11.3. The van der Waals surface area contributed by atoms with E-state index in [0.29, 0.717) is 6.61 Å². The minimum atomic E-state index is -0.264. The highest BCUT2D eigenvalue weighted by Crippen LogP contribution is 2.12. The Morgan fingerprint density at radius 1 is 0.826 bits per heavy atom. The second-order valence-electron chi connectivity index (χ2n) is 6.35. The molecule has 0 aliphatic carbocycles. The number of unbranched alkanes of at least 4 members (excludes halogenated alkanes) is 13. The molecule has 0 aliphatic rings. The summed E-state index contributed by atoms with van der Waals surface area (Å²) in [6.45, 7) is 6.07. The first-order valence-corrected chi connectivity index (χ1v) is 9.75. The topological polar surface area (TPSA) is 26.3 Å². The number of rotatable bonds is 17. The first kappa shape index (κ1) is 21.9. The van der Waals surface area contributed by atoms with Gasteiger partial charge in [0.25, 0.3) is 0 Å². The summed E-state index contributed by atoms with van der Waals surface area (Å²) in [6, 6.07) is 0. The molecule has 0 saturated heterocycles. The van der Waals surface area contributed by atoms with Crippen LogP contribution < -0.4 is 0 Å². The summed E-state index contributed by atoms with van der Waals surface area (Å²) in [5, 5.41) is 0. The van der Waals surface area contributed by atoms with Gasteiger partial charge in [0.05, 0.1) is 0 Å². The Morgan fingerprint density at radius 2 is 1.30 bits per heavy atom. The van der Waals surface area contributed by atoms with Crippen molar-refractivity contribution in [3.63, 3.8) is 0 Å². The molecule has 0 aliphatic heterocycles. The Kier molecular flexibility index (Phi) is 18.1. The number of carbonyl (C=O) groups excluding carboxylic acids is 1. The van der Waals surface area contributed by atoms with E-state index in [0.717, 1.165) is 6.42 Å². The van der Waals surface area contributed by atoms with Crippen LogP contribution in [0.2, 0.25) is 0 Å². The summed E-state index contributed by atoms with van der Waals surface area (Å²) < 4.78 is 4.87. The minimum Gasteiger partial charge on any atom is -0.458 e. The number of hydrogen-bond acceptors (Lipinski definition) is 2. The molecule has 0 saturated carbocycles. The van der Waals surface area contributed by atoms with E-state index in [9.17, 15) is 4.79 Å². The molecule has 0 spiro atoms. The highest BCUT2D eigenvalue weighted by Gasteiger charge is 1.95. The van der Waals surface area contributed by atoms with Gasteiger partial charge in [0.2, 0.25) is 0 Å². The van der Waals surface area contributed by atoms with Crippen molar-refractivity contribution in [3.8, 4) is 0 Å². The van der Waals surface area contributed by atoms with Crippen LogP contribution in [-0.2, 0) is 9.53 Å². The van der Waals surface area contributed by atoms with Crippen LogP contribution in [0.15, 0.2) is 24.8 Å². The average Bonchev–Trinajstić information content (AvgIpc) is 2.56. The quantitative estimate of drug-likeness (QED) is 0.128. The maximum absolute atomic E-state index is 11.2. The summed E-state index contributed by atoms with van der Waals surface area (Å²) in [4.78, 5) is 11.2. The molecule has 0 fully saturated rings. The van der Waals surface area contributed by atoms with Crippen LogP contribution in [0.4, 0.5) is 0 Å². The number of ether oxygens (including phenoxy) is 1. The van der Waals surface area contributed by atoms with Crippen molar-refractivity contribution >= 4 is 5.97 Å². The van der Waals surface area contributed by atoms with Crippen LogP contribution in [0.3, 0.4) is 0 Å². The lowest BCUT2D eigenvalue weighted by atomic mass is 10.0. The van der Waals surface area contributed by atoms with Gasteiger partial charge >= 0.3 is 5.97 Å². The molecule has 0 N–H and O–H groups in total. The molecule has 23 heavy (non-hydrogen) atoms. The van der Waals surface area contributed by atoms with Crippen molar-refractivity contribution in [2.24, 2.45) is 0 Å². The average molecular weight is 323 g/mol. The Morgan fingerprint density at radius 3 is 1.78 bits per heavy atom. The third-order valence-corrected chi connectivity index (χ3v) is 4.07. The lowest BCUT2D eigenvalue weighted by molar-refractivity contribution is -0.136. The maximum atomic E-state index is 11.2. The molecular formula is C21H38O2. The zero-order chi connectivity index (χ0) is 17.0. The third-order valence-electron chi connectivity index (χ3n) is 4.07. The largest absolute Gasteiger partial charge is 0.458 e. The molecule has 0 heterocycles. The van der Waals surface area contributed by atoms with Crippen LogP contribution >= 0.6 is 0 Å². The summed E-state index contributed by atoms with van der Waals surface area (Å²) >= 11 is 0. The van der Waals surface area contributed by atoms with E-state index >= 15 is 0 Å². The molecule has 0 aromatic rings. The SMILES string of the molecule is C=CCOC(=O)C=CCCCCCCCCCCCCCCC. The molecule has 0 aromatic heterocycles. The van der Waals surface area contributed by atoms with E-state index in [1.807, 2.05) is 6.08 Å². The zero-order valence-corrected chi connectivity index (χ0v) is 15.4. The van der Waals surface area contributed by atoms with Crippen molar-refractivity contribution < 1.29 is 9.53 Å². The molecule has 0 radical (unpaired) electrons. The van der Waals surface area contributed by atoms with Gasteiger partial charge in [-0.25, -0.2) is 4.79 Å². The first-order valence-electron chi connectivity index (χ1n) is 9.75. The Hall–Kier alpha value is -1.05. The van der Waals surface area contributed by atoms with E-state index in [-0.39, 0.29) is 5.97 Å². The van der Waals surface area contributed by atoms with Gasteiger partial charge in [-0.2, -0.15) is 0 Å². The van der Waals surface area contributed by atoms with Gasteiger partial charge in [-0.1, -0.05) is 103 Å². The van der Waals surface area contributed by atoms with Crippen molar-refractivity contribution in [1.82, 2.24) is 0 Å². The van der Waals surface area contributed by atoms with Gasteiger partial charge in [0.1, 0.15) is 6.61 Å². The molecule has 0 bridgehead atoms.